The largest absolute Gasteiger partial charge is 0.272 e. The lowest BCUT2D eigenvalue weighted by Crippen LogP contribution is -2.42. The fourth-order valence-electron chi connectivity index (χ4n) is 1.83. The van der Waals surface area contributed by atoms with E-state index < -0.39 is 0 Å². The van der Waals surface area contributed by atoms with Gasteiger partial charge in [-0.05, 0) is 33.6 Å². The molecule has 0 aliphatic carbocycles. The van der Waals surface area contributed by atoms with Gasteiger partial charge in [0.1, 0.15) is 0 Å². The van der Waals surface area contributed by atoms with Crippen molar-refractivity contribution < 1.29 is 4.79 Å². The zero-order valence-electron chi connectivity index (χ0n) is 9.96. The normalized spacial score (nSPS) is 23.4. The summed E-state index contributed by atoms with van der Waals surface area (Å²) >= 11 is 0. The smallest absolute Gasteiger partial charge is 0.252 e. The van der Waals surface area contributed by atoms with E-state index in [2.05, 4.69) is 18.9 Å². The first-order valence-corrected chi connectivity index (χ1v) is 5.14. The van der Waals surface area contributed by atoms with Gasteiger partial charge in [0.15, 0.2) is 0 Å². The minimum atomic E-state index is -0.206. The fourth-order valence-corrected chi connectivity index (χ4v) is 1.83. The van der Waals surface area contributed by atoms with Crippen molar-refractivity contribution in [3.05, 3.63) is 0 Å². The molecule has 1 aliphatic heterocycles. The molecule has 1 heterocycles. The average Bonchev–Trinajstić information content (AvgIpc) is 2.24. The Bertz CT molecular complexity index is 274. The van der Waals surface area contributed by atoms with Crippen LogP contribution in [0.15, 0.2) is 5.10 Å². The Morgan fingerprint density at radius 1 is 1.36 bits per heavy atom. The predicted molar refractivity (Wildman–Crippen MR) is 58.0 cm³/mol. The van der Waals surface area contributed by atoms with E-state index >= 15 is 0 Å². The van der Waals surface area contributed by atoms with Gasteiger partial charge >= 0.3 is 0 Å². The van der Waals surface area contributed by atoms with Crippen LogP contribution in [0.4, 0.5) is 0 Å². The van der Waals surface area contributed by atoms with Crippen LogP contribution >= 0.6 is 0 Å². The Labute approximate surface area is 86.2 Å². The van der Waals surface area contributed by atoms with Crippen LogP contribution in [0.5, 0.6) is 0 Å². The van der Waals surface area contributed by atoms with Crippen molar-refractivity contribution >= 4 is 11.6 Å². The monoisotopic (exact) mass is 196 g/mol. The maximum Gasteiger partial charge on any atom is 0.252 e. The van der Waals surface area contributed by atoms with Crippen molar-refractivity contribution in [3.63, 3.8) is 0 Å². The van der Waals surface area contributed by atoms with E-state index in [1.54, 1.807) is 5.01 Å². The highest BCUT2D eigenvalue weighted by molar-refractivity contribution is 6.07. The first kappa shape index (κ1) is 11.2. The van der Waals surface area contributed by atoms with Crippen LogP contribution in [-0.2, 0) is 4.79 Å². The zero-order valence-corrected chi connectivity index (χ0v) is 9.96. The Hall–Kier alpha value is -0.860. The molecule has 0 saturated carbocycles. The highest BCUT2D eigenvalue weighted by atomic mass is 16.2. The van der Waals surface area contributed by atoms with Crippen molar-refractivity contribution in [1.82, 2.24) is 5.01 Å². The van der Waals surface area contributed by atoms with Crippen molar-refractivity contribution in [1.29, 1.82) is 0 Å². The van der Waals surface area contributed by atoms with Crippen LogP contribution in [0.1, 0.15) is 41.5 Å². The second-order valence-electron chi connectivity index (χ2n) is 5.28. The number of carbonyl (C=O) groups is 1. The summed E-state index contributed by atoms with van der Waals surface area (Å²) in [4.78, 5) is 12.0. The van der Waals surface area contributed by atoms with Gasteiger partial charge in [0, 0.05) is 5.71 Å². The summed E-state index contributed by atoms with van der Waals surface area (Å²) in [5.74, 6) is 0.456. The van der Waals surface area contributed by atoms with E-state index in [1.807, 2.05) is 27.7 Å². The van der Waals surface area contributed by atoms with Gasteiger partial charge in [-0.25, -0.2) is 5.01 Å². The summed E-state index contributed by atoms with van der Waals surface area (Å²) in [7, 11) is 0. The Balaban J connectivity index is 2.95. The van der Waals surface area contributed by atoms with Crippen LogP contribution in [0.25, 0.3) is 0 Å². The topological polar surface area (TPSA) is 32.7 Å². The summed E-state index contributed by atoms with van der Waals surface area (Å²) in [6.45, 7) is 12.1. The maximum atomic E-state index is 12.0. The van der Waals surface area contributed by atoms with Gasteiger partial charge in [-0.3, -0.25) is 4.79 Å². The molecule has 1 amide bonds. The lowest BCUT2D eigenvalue weighted by atomic mass is 9.91. The highest BCUT2D eigenvalue weighted by Crippen LogP contribution is 2.28. The Kier molecular flexibility index (Phi) is 2.70. The molecule has 1 aliphatic rings. The Morgan fingerprint density at radius 3 is 2.07 bits per heavy atom. The molecule has 3 nitrogen and oxygen atoms in total. The van der Waals surface area contributed by atoms with E-state index in [0.717, 1.165) is 5.71 Å². The van der Waals surface area contributed by atoms with Crippen LogP contribution in [-0.4, -0.2) is 22.2 Å². The van der Waals surface area contributed by atoms with Crippen molar-refractivity contribution in [3.8, 4) is 0 Å². The minimum Gasteiger partial charge on any atom is -0.272 e. The first-order chi connectivity index (χ1) is 6.25. The highest BCUT2D eigenvalue weighted by Gasteiger charge is 2.40. The Morgan fingerprint density at radius 2 is 1.86 bits per heavy atom. The minimum absolute atomic E-state index is 0.0192. The molecule has 80 valence electrons. The third-order valence-electron chi connectivity index (χ3n) is 2.48. The van der Waals surface area contributed by atoms with Crippen LogP contribution < -0.4 is 0 Å². The van der Waals surface area contributed by atoms with Gasteiger partial charge in [-0.2, -0.15) is 5.10 Å². The van der Waals surface area contributed by atoms with Gasteiger partial charge in [-0.1, -0.05) is 13.8 Å². The quantitative estimate of drug-likeness (QED) is 0.633. The predicted octanol–water partition coefficient (Wildman–Crippen LogP) is 2.28. The molecule has 0 spiro atoms. The number of nitrogens with zero attached hydrogens (tertiary/aromatic N) is 2. The second-order valence-corrected chi connectivity index (χ2v) is 5.28. The third-order valence-corrected chi connectivity index (χ3v) is 2.48. The molecule has 0 fully saturated rings. The second kappa shape index (κ2) is 3.37. The summed E-state index contributed by atoms with van der Waals surface area (Å²) in [6, 6.07) is 0. The molecule has 0 bridgehead atoms. The molecule has 0 N–H and O–H groups in total. The molecule has 0 aromatic rings. The summed E-state index contributed by atoms with van der Waals surface area (Å²) < 4.78 is 0. The molecule has 1 atom stereocenters. The first-order valence-electron chi connectivity index (χ1n) is 5.14. The van der Waals surface area contributed by atoms with E-state index in [9.17, 15) is 4.79 Å². The number of hydrazone groups is 1. The molecular weight excluding hydrogens is 176 g/mol. The van der Waals surface area contributed by atoms with Crippen molar-refractivity contribution in [2.75, 3.05) is 0 Å². The summed E-state index contributed by atoms with van der Waals surface area (Å²) in [5, 5.41) is 5.96. The molecule has 14 heavy (non-hydrogen) atoms. The van der Waals surface area contributed by atoms with Crippen LogP contribution in [0.2, 0.25) is 0 Å². The molecule has 0 saturated heterocycles. The lowest BCUT2D eigenvalue weighted by molar-refractivity contribution is -0.137. The number of carbonyl (C=O) groups excluding carboxylic acids is 1. The number of hydrogen-bond acceptors (Lipinski definition) is 2. The molecule has 3 heteroatoms. The summed E-state index contributed by atoms with van der Waals surface area (Å²) in [6.07, 6.45) is 0. The third kappa shape index (κ3) is 1.81. The van der Waals surface area contributed by atoms with Gasteiger partial charge in [0.2, 0.25) is 0 Å². The number of hydrogen-bond donors (Lipinski definition) is 0. The number of amides is 1. The molecule has 1 rings (SSSR count). The van der Waals surface area contributed by atoms with E-state index in [1.165, 1.54) is 0 Å². The SMILES string of the molecule is CC1=NN(C(C)(C)C)C(=O)C1C(C)C. The van der Waals surface area contributed by atoms with E-state index in [0.29, 0.717) is 5.92 Å². The van der Waals surface area contributed by atoms with E-state index in [4.69, 9.17) is 0 Å². The zero-order chi connectivity index (χ0) is 11.1. The molecular formula is C11H20N2O. The van der Waals surface area contributed by atoms with Gasteiger partial charge in [0.25, 0.3) is 5.91 Å². The molecule has 0 aromatic carbocycles. The lowest BCUT2D eigenvalue weighted by Gasteiger charge is -2.29. The van der Waals surface area contributed by atoms with Gasteiger partial charge in [0.05, 0.1) is 11.5 Å². The van der Waals surface area contributed by atoms with Crippen molar-refractivity contribution in [2.24, 2.45) is 16.9 Å². The average molecular weight is 196 g/mol. The standard InChI is InChI=1S/C11H20N2O/c1-7(2)9-8(3)12-13(10(9)14)11(4,5)6/h7,9H,1-6H3. The number of rotatable bonds is 1. The molecule has 1 unspecified atom stereocenters. The van der Waals surface area contributed by atoms with Gasteiger partial charge < -0.3 is 0 Å². The van der Waals surface area contributed by atoms with Crippen LogP contribution in [0, 0.1) is 11.8 Å². The van der Waals surface area contributed by atoms with Crippen molar-refractivity contribution in [2.45, 2.75) is 47.1 Å². The maximum absolute atomic E-state index is 12.0. The fraction of sp³-hybridized carbons (Fsp3) is 0.818. The summed E-state index contributed by atoms with van der Waals surface area (Å²) in [5.41, 5.74) is 0.738. The molecule has 0 aromatic heterocycles. The van der Waals surface area contributed by atoms with Crippen LogP contribution in [0.3, 0.4) is 0 Å². The van der Waals surface area contributed by atoms with E-state index in [-0.39, 0.29) is 17.4 Å². The molecule has 0 radical (unpaired) electrons. The van der Waals surface area contributed by atoms with Gasteiger partial charge in [-0.15, -0.1) is 0 Å².